The van der Waals surface area contributed by atoms with Crippen LogP contribution in [0.15, 0.2) is 83.6 Å². The molecule has 0 radical (unpaired) electrons. The molecule has 3 heteroatoms. The summed E-state index contributed by atoms with van der Waals surface area (Å²) >= 11 is 0. The molecule has 2 aromatic rings. The summed E-state index contributed by atoms with van der Waals surface area (Å²) in [5.41, 5.74) is 1.58. The van der Waals surface area contributed by atoms with Crippen molar-refractivity contribution >= 4 is 9.84 Å². The average Bonchev–Trinajstić information content (AvgIpc) is 2.50. The van der Waals surface area contributed by atoms with Gasteiger partial charge in [-0.2, -0.15) is 0 Å². The average molecular weight is 282 g/mol. The van der Waals surface area contributed by atoms with E-state index in [4.69, 9.17) is 0 Å². The van der Waals surface area contributed by atoms with Crippen molar-refractivity contribution in [1.82, 2.24) is 0 Å². The molecule has 0 spiro atoms. The van der Waals surface area contributed by atoms with E-state index in [1.165, 1.54) is 10.8 Å². The first-order chi connectivity index (χ1) is 9.62. The minimum Gasteiger partial charge on any atom is -0.220 e. The third kappa shape index (κ3) is 2.21. The quantitative estimate of drug-likeness (QED) is 0.845. The van der Waals surface area contributed by atoms with Crippen molar-refractivity contribution in [2.45, 2.75) is 5.41 Å². The van der Waals surface area contributed by atoms with Gasteiger partial charge in [-0.15, -0.1) is 0 Å². The van der Waals surface area contributed by atoms with E-state index >= 15 is 0 Å². The lowest BCUT2D eigenvalue weighted by Crippen LogP contribution is -2.25. The van der Waals surface area contributed by atoms with Gasteiger partial charge < -0.3 is 0 Å². The van der Waals surface area contributed by atoms with Gasteiger partial charge in [0.05, 0.1) is 5.41 Å². The Bertz CT molecular complexity index is 696. The molecule has 2 nitrogen and oxygen atoms in total. The lowest BCUT2D eigenvalue weighted by molar-refractivity contribution is 0.610. The van der Waals surface area contributed by atoms with Gasteiger partial charge >= 0.3 is 0 Å². The molecule has 2 aromatic carbocycles. The predicted octanol–water partition coefficient (Wildman–Crippen LogP) is 3.43. The van der Waals surface area contributed by atoms with E-state index in [1.54, 1.807) is 12.2 Å². The predicted molar refractivity (Wildman–Crippen MR) is 80.9 cm³/mol. The van der Waals surface area contributed by atoms with Crippen molar-refractivity contribution in [3.63, 3.8) is 0 Å². The van der Waals surface area contributed by atoms with Crippen molar-refractivity contribution in [3.05, 3.63) is 94.8 Å². The number of hydrogen-bond acceptors (Lipinski definition) is 2. The smallest absolute Gasteiger partial charge is 0.192 e. The second-order valence-corrected chi connectivity index (χ2v) is 6.52. The summed E-state index contributed by atoms with van der Waals surface area (Å²) in [6.07, 6.45) is 3.51. The Balaban J connectivity index is 2.24. The molecule has 0 aliphatic carbocycles. The Kier molecular flexibility index (Phi) is 3.07. The number of rotatable bonds is 2. The standard InChI is InChI=1S/C17H14O2S/c18-20(19)13-11-17(12-14-20,15-7-3-1-4-8-15)16-9-5-2-6-10-16/h1-14H. The summed E-state index contributed by atoms with van der Waals surface area (Å²) < 4.78 is 23.3. The SMILES string of the molecule is O=S1(=O)C=CC(c2ccccc2)(c2ccccc2)C=C1. The molecule has 1 heterocycles. The summed E-state index contributed by atoms with van der Waals surface area (Å²) in [5, 5.41) is 2.57. The van der Waals surface area contributed by atoms with Gasteiger partial charge in [0.15, 0.2) is 9.84 Å². The third-order valence-electron chi connectivity index (χ3n) is 3.54. The molecule has 0 atom stereocenters. The van der Waals surface area contributed by atoms with Crippen LogP contribution in [0.2, 0.25) is 0 Å². The van der Waals surface area contributed by atoms with E-state index in [9.17, 15) is 8.42 Å². The second-order valence-electron chi connectivity index (χ2n) is 4.80. The van der Waals surface area contributed by atoms with Crippen LogP contribution in [0.3, 0.4) is 0 Å². The molecule has 0 bridgehead atoms. The highest BCUT2D eigenvalue weighted by Gasteiger charge is 2.31. The van der Waals surface area contributed by atoms with Crippen LogP contribution in [0.4, 0.5) is 0 Å². The maximum absolute atomic E-state index is 11.6. The van der Waals surface area contributed by atoms with Crippen LogP contribution in [-0.2, 0) is 15.3 Å². The number of benzene rings is 2. The van der Waals surface area contributed by atoms with Crippen LogP contribution in [0, 0.1) is 0 Å². The van der Waals surface area contributed by atoms with Crippen LogP contribution in [0.25, 0.3) is 0 Å². The summed E-state index contributed by atoms with van der Waals surface area (Å²) in [7, 11) is -3.23. The number of sulfone groups is 1. The summed E-state index contributed by atoms with van der Waals surface area (Å²) in [5.74, 6) is 0. The Morgan fingerprint density at radius 1 is 0.650 bits per heavy atom. The lowest BCUT2D eigenvalue weighted by atomic mass is 9.74. The van der Waals surface area contributed by atoms with Crippen molar-refractivity contribution in [2.75, 3.05) is 0 Å². The van der Waals surface area contributed by atoms with Crippen molar-refractivity contribution in [3.8, 4) is 0 Å². The highest BCUT2D eigenvalue weighted by atomic mass is 32.2. The molecule has 0 fully saturated rings. The molecule has 1 aliphatic heterocycles. The fraction of sp³-hybridized carbons (Fsp3) is 0.0588. The largest absolute Gasteiger partial charge is 0.220 e. The van der Waals surface area contributed by atoms with E-state index in [-0.39, 0.29) is 0 Å². The topological polar surface area (TPSA) is 34.1 Å². The number of allylic oxidation sites excluding steroid dienone is 2. The fourth-order valence-electron chi connectivity index (χ4n) is 2.48. The highest BCUT2D eigenvalue weighted by molar-refractivity contribution is 7.97. The highest BCUT2D eigenvalue weighted by Crippen LogP contribution is 2.37. The van der Waals surface area contributed by atoms with Crippen LogP contribution in [-0.4, -0.2) is 8.42 Å². The van der Waals surface area contributed by atoms with Gasteiger partial charge in [0.2, 0.25) is 0 Å². The van der Waals surface area contributed by atoms with Gasteiger partial charge in [0.25, 0.3) is 0 Å². The molecule has 100 valence electrons. The van der Waals surface area contributed by atoms with Gasteiger partial charge in [0.1, 0.15) is 0 Å². The first-order valence-corrected chi connectivity index (χ1v) is 7.98. The summed E-state index contributed by atoms with van der Waals surface area (Å²) in [6.45, 7) is 0. The van der Waals surface area contributed by atoms with Gasteiger partial charge in [-0.25, -0.2) is 8.42 Å². The van der Waals surface area contributed by atoms with Crippen LogP contribution >= 0.6 is 0 Å². The Morgan fingerprint density at radius 3 is 1.45 bits per heavy atom. The lowest BCUT2D eigenvalue weighted by Gasteiger charge is -2.30. The zero-order chi connectivity index (χ0) is 14.1. The first kappa shape index (κ1) is 12.9. The van der Waals surface area contributed by atoms with E-state index in [0.29, 0.717) is 0 Å². The Morgan fingerprint density at radius 2 is 1.05 bits per heavy atom. The molecule has 0 N–H and O–H groups in total. The third-order valence-corrected chi connectivity index (χ3v) is 4.58. The van der Waals surface area contributed by atoms with Crippen molar-refractivity contribution in [2.24, 2.45) is 0 Å². The molecule has 0 saturated heterocycles. The van der Waals surface area contributed by atoms with Crippen molar-refractivity contribution in [1.29, 1.82) is 0 Å². The minimum atomic E-state index is -3.23. The zero-order valence-electron chi connectivity index (χ0n) is 10.8. The first-order valence-electron chi connectivity index (χ1n) is 6.37. The Hall–Kier alpha value is -2.13. The maximum Gasteiger partial charge on any atom is 0.192 e. The van der Waals surface area contributed by atoms with Crippen molar-refractivity contribution < 1.29 is 8.42 Å². The fourth-order valence-corrected chi connectivity index (χ4v) is 3.38. The van der Waals surface area contributed by atoms with Crippen LogP contribution < -0.4 is 0 Å². The van der Waals surface area contributed by atoms with Crippen LogP contribution in [0.5, 0.6) is 0 Å². The van der Waals surface area contributed by atoms with E-state index in [1.807, 2.05) is 60.7 Å². The Labute approximate surface area is 119 Å². The maximum atomic E-state index is 11.6. The zero-order valence-corrected chi connectivity index (χ0v) is 11.6. The summed E-state index contributed by atoms with van der Waals surface area (Å²) in [6, 6.07) is 19.8. The molecule has 0 unspecified atom stereocenters. The molecular formula is C17H14O2S. The molecule has 0 amide bonds. The normalized spacial score (nSPS) is 18.8. The van der Waals surface area contributed by atoms with Gasteiger partial charge in [-0.05, 0) is 11.1 Å². The van der Waals surface area contributed by atoms with E-state index in [2.05, 4.69) is 0 Å². The van der Waals surface area contributed by atoms with Crippen LogP contribution in [0.1, 0.15) is 11.1 Å². The molecule has 20 heavy (non-hydrogen) atoms. The molecule has 0 aromatic heterocycles. The molecule has 3 rings (SSSR count). The van der Waals surface area contributed by atoms with Gasteiger partial charge in [0, 0.05) is 10.8 Å². The minimum absolute atomic E-state index is 0.520. The van der Waals surface area contributed by atoms with E-state index in [0.717, 1.165) is 11.1 Å². The molecule has 1 aliphatic rings. The van der Waals surface area contributed by atoms with Gasteiger partial charge in [-0.3, -0.25) is 0 Å². The molecule has 0 saturated carbocycles. The monoisotopic (exact) mass is 282 g/mol. The molecular weight excluding hydrogens is 268 g/mol. The number of hydrogen-bond donors (Lipinski definition) is 0. The summed E-state index contributed by atoms with van der Waals surface area (Å²) in [4.78, 5) is 0. The van der Waals surface area contributed by atoms with E-state index < -0.39 is 15.3 Å². The van der Waals surface area contributed by atoms with Gasteiger partial charge in [-0.1, -0.05) is 72.8 Å². The second kappa shape index (κ2) is 4.76.